The number of carbonyl (C=O) groups excluding carboxylic acids is 1. The molecule has 2 nitrogen and oxygen atoms in total. The van der Waals surface area contributed by atoms with Gasteiger partial charge in [-0.25, -0.2) is 4.98 Å². The van der Waals surface area contributed by atoms with E-state index in [9.17, 15) is 4.79 Å². The third-order valence-corrected chi connectivity index (χ3v) is 4.84. The number of hydrogen-bond donors (Lipinski definition) is 0. The summed E-state index contributed by atoms with van der Waals surface area (Å²) in [5, 5.41) is 1.18. The fourth-order valence-electron chi connectivity index (χ4n) is 2.53. The molecule has 16 heavy (non-hydrogen) atoms. The fraction of sp³-hybridized carbons (Fsp3) is 0.692. The zero-order chi connectivity index (χ0) is 11.5. The van der Waals surface area contributed by atoms with Crippen LogP contribution in [0.25, 0.3) is 0 Å². The normalized spacial score (nSPS) is 25.6. The Morgan fingerprint density at radius 1 is 1.56 bits per heavy atom. The van der Waals surface area contributed by atoms with Gasteiger partial charge in [0.15, 0.2) is 5.78 Å². The van der Waals surface area contributed by atoms with Gasteiger partial charge in [-0.2, -0.15) is 0 Å². The van der Waals surface area contributed by atoms with Gasteiger partial charge in [0.25, 0.3) is 0 Å². The van der Waals surface area contributed by atoms with E-state index in [2.05, 4.69) is 11.9 Å². The highest BCUT2D eigenvalue weighted by Gasteiger charge is 2.24. The van der Waals surface area contributed by atoms with Gasteiger partial charge in [0, 0.05) is 19.0 Å². The molecule has 1 aromatic heterocycles. The van der Waals surface area contributed by atoms with Gasteiger partial charge in [0.1, 0.15) is 0 Å². The van der Waals surface area contributed by atoms with Gasteiger partial charge in [-0.3, -0.25) is 4.79 Å². The average molecular weight is 237 g/mol. The highest BCUT2D eigenvalue weighted by atomic mass is 32.1. The SMILES string of the molecule is CCC1CCCC(c2ncc(C(C)=O)s2)C1. The van der Waals surface area contributed by atoms with E-state index in [4.69, 9.17) is 0 Å². The zero-order valence-electron chi connectivity index (χ0n) is 10.0. The summed E-state index contributed by atoms with van der Waals surface area (Å²) in [5.41, 5.74) is 0. The lowest BCUT2D eigenvalue weighted by atomic mass is 9.80. The predicted octanol–water partition coefficient (Wildman–Crippen LogP) is 4.03. The van der Waals surface area contributed by atoms with Crippen molar-refractivity contribution in [1.29, 1.82) is 0 Å². The monoisotopic (exact) mass is 237 g/mol. The van der Waals surface area contributed by atoms with Crippen LogP contribution in [0.2, 0.25) is 0 Å². The maximum atomic E-state index is 11.2. The highest BCUT2D eigenvalue weighted by Crippen LogP contribution is 2.38. The van der Waals surface area contributed by atoms with Crippen LogP contribution in [0, 0.1) is 5.92 Å². The van der Waals surface area contributed by atoms with E-state index in [0.29, 0.717) is 5.92 Å². The Labute approximate surface area is 101 Å². The fourth-order valence-corrected chi connectivity index (χ4v) is 3.49. The molecule has 3 heteroatoms. The Hall–Kier alpha value is -0.700. The summed E-state index contributed by atoms with van der Waals surface area (Å²) in [6.45, 7) is 3.89. The van der Waals surface area contributed by atoms with Crippen molar-refractivity contribution in [3.8, 4) is 0 Å². The molecule has 0 N–H and O–H groups in total. The van der Waals surface area contributed by atoms with Gasteiger partial charge in [-0.1, -0.05) is 26.2 Å². The van der Waals surface area contributed by atoms with Crippen LogP contribution in [0.1, 0.15) is 66.5 Å². The molecular formula is C13H19NOS. The van der Waals surface area contributed by atoms with Crippen molar-refractivity contribution in [2.45, 2.75) is 51.9 Å². The molecule has 1 fully saturated rings. The molecule has 0 amide bonds. The van der Waals surface area contributed by atoms with E-state index < -0.39 is 0 Å². The van der Waals surface area contributed by atoms with Gasteiger partial charge in [-0.15, -0.1) is 11.3 Å². The molecule has 1 aliphatic carbocycles. The molecule has 88 valence electrons. The Bertz CT molecular complexity index is 372. The highest BCUT2D eigenvalue weighted by molar-refractivity contribution is 7.13. The van der Waals surface area contributed by atoms with Crippen molar-refractivity contribution >= 4 is 17.1 Å². The van der Waals surface area contributed by atoms with Crippen LogP contribution in [-0.2, 0) is 0 Å². The van der Waals surface area contributed by atoms with E-state index in [1.54, 1.807) is 24.5 Å². The summed E-state index contributed by atoms with van der Waals surface area (Å²) in [6.07, 6.45) is 8.23. The lowest BCUT2D eigenvalue weighted by Crippen LogP contribution is -2.13. The van der Waals surface area contributed by atoms with Crippen LogP contribution in [0.15, 0.2) is 6.20 Å². The van der Waals surface area contributed by atoms with E-state index in [-0.39, 0.29) is 5.78 Å². The topological polar surface area (TPSA) is 30.0 Å². The first-order valence-electron chi connectivity index (χ1n) is 6.17. The quantitative estimate of drug-likeness (QED) is 0.743. The largest absolute Gasteiger partial charge is 0.294 e. The molecule has 0 radical (unpaired) electrons. The molecule has 0 spiro atoms. The van der Waals surface area contributed by atoms with Gasteiger partial charge in [0.2, 0.25) is 0 Å². The summed E-state index contributed by atoms with van der Waals surface area (Å²) in [5.74, 6) is 1.62. The second kappa shape index (κ2) is 5.09. The molecule has 2 rings (SSSR count). The average Bonchev–Trinajstić information content (AvgIpc) is 2.78. The molecule has 1 heterocycles. The molecule has 2 unspecified atom stereocenters. The molecule has 0 aromatic carbocycles. The number of carbonyl (C=O) groups is 1. The van der Waals surface area contributed by atoms with Crippen molar-refractivity contribution in [3.63, 3.8) is 0 Å². The Morgan fingerprint density at radius 2 is 2.38 bits per heavy atom. The first kappa shape index (κ1) is 11.8. The van der Waals surface area contributed by atoms with Crippen LogP contribution < -0.4 is 0 Å². The number of ketones is 1. The first-order valence-corrected chi connectivity index (χ1v) is 6.99. The third kappa shape index (κ3) is 2.51. The molecule has 1 saturated carbocycles. The minimum absolute atomic E-state index is 0.145. The Kier molecular flexibility index (Phi) is 3.74. The minimum atomic E-state index is 0.145. The van der Waals surface area contributed by atoms with Crippen molar-refractivity contribution < 1.29 is 4.79 Å². The maximum Gasteiger partial charge on any atom is 0.171 e. The van der Waals surface area contributed by atoms with Crippen molar-refractivity contribution in [3.05, 3.63) is 16.1 Å². The van der Waals surface area contributed by atoms with E-state index in [0.717, 1.165) is 10.8 Å². The molecule has 0 saturated heterocycles. The third-order valence-electron chi connectivity index (χ3n) is 3.58. The number of nitrogens with zero attached hydrogens (tertiary/aromatic N) is 1. The second-order valence-corrected chi connectivity index (χ2v) is 5.82. The molecule has 1 aliphatic rings. The zero-order valence-corrected chi connectivity index (χ0v) is 10.8. The first-order chi connectivity index (χ1) is 7.70. The number of Topliss-reactive ketones (excluding diaryl/α,β-unsaturated/α-hetero) is 1. The molecular weight excluding hydrogens is 218 g/mol. The molecule has 0 bridgehead atoms. The van der Waals surface area contributed by atoms with Gasteiger partial charge >= 0.3 is 0 Å². The van der Waals surface area contributed by atoms with Gasteiger partial charge in [0.05, 0.1) is 9.88 Å². The predicted molar refractivity (Wildman–Crippen MR) is 67.1 cm³/mol. The summed E-state index contributed by atoms with van der Waals surface area (Å²) in [7, 11) is 0. The summed E-state index contributed by atoms with van der Waals surface area (Å²) in [4.78, 5) is 16.5. The Morgan fingerprint density at radius 3 is 3.00 bits per heavy atom. The van der Waals surface area contributed by atoms with Crippen LogP contribution in [-0.4, -0.2) is 10.8 Å². The van der Waals surface area contributed by atoms with Crippen LogP contribution in [0.4, 0.5) is 0 Å². The minimum Gasteiger partial charge on any atom is -0.294 e. The van der Waals surface area contributed by atoms with Gasteiger partial charge in [-0.05, 0) is 18.8 Å². The molecule has 1 aromatic rings. The van der Waals surface area contributed by atoms with Gasteiger partial charge < -0.3 is 0 Å². The maximum absolute atomic E-state index is 11.2. The number of aromatic nitrogens is 1. The van der Waals surface area contributed by atoms with Crippen LogP contribution in [0.3, 0.4) is 0 Å². The van der Waals surface area contributed by atoms with Crippen LogP contribution >= 0.6 is 11.3 Å². The number of rotatable bonds is 3. The van der Waals surface area contributed by atoms with Crippen molar-refractivity contribution in [2.75, 3.05) is 0 Å². The Balaban J connectivity index is 2.08. The summed E-state index contributed by atoms with van der Waals surface area (Å²) < 4.78 is 0. The molecule has 0 aliphatic heterocycles. The second-order valence-electron chi connectivity index (χ2n) is 4.76. The summed E-state index contributed by atoms with van der Waals surface area (Å²) >= 11 is 1.60. The van der Waals surface area contributed by atoms with E-state index >= 15 is 0 Å². The van der Waals surface area contributed by atoms with E-state index in [1.165, 1.54) is 37.1 Å². The standard InChI is InChI=1S/C13H19NOS/c1-3-10-5-4-6-11(7-10)13-14-8-12(16-13)9(2)15/h8,10-11H,3-7H2,1-2H3. The lowest BCUT2D eigenvalue weighted by molar-refractivity contribution is 0.102. The number of hydrogen-bond acceptors (Lipinski definition) is 3. The summed E-state index contributed by atoms with van der Waals surface area (Å²) in [6, 6.07) is 0. The lowest BCUT2D eigenvalue weighted by Gasteiger charge is -2.26. The van der Waals surface area contributed by atoms with Crippen molar-refractivity contribution in [1.82, 2.24) is 4.98 Å². The number of thiazole rings is 1. The van der Waals surface area contributed by atoms with Crippen LogP contribution in [0.5, 0.6) is 0 Å². The molecule has 2 atom stereocenters. The van der Waals surface area contributed by atoms with E-state index in [1.807, 2.05) is 0 Å². The van der Waals surface area contributed by atoms with Crippen molar-refractivity contribution in [2.24, 2.45) is 5.92 Å². The smallest absolute Gasteiger partial charge is 0.171 e.